The first-order chi connectivity index (χ1) is 12.3. The molecule has 0 amide bonds. The molecule has 134 valence electrons. The van der Waals surface area contributed by atoms with Gasteiger partial charge in [-0.15, -0.1) is 0 Å². The van der Waals surface area contributed by atoms with Gasteiger partial charge in [0, 0.05) is 28.7 Å². The van der Waals surface area contributed by atoms with E-state index in [1.165, 1.54) is 30.0 Å². The molecule has 8 heteroatoms. The van der Waals surface area contributed by atoms with Crippen molar-refractivity contribution in [3.63, 3.8) is 0 Å². The Morgan fingerprint density at radius 2 is 1.73 bits per heavy atom. The fourth-order valence-electron chi connectivity index (χ4n) is 2.77. The first-order valence-corrected chi connectivity index (χ1v) is 8.84. The largest absolute Gasteiger partial charge is 0.383 e. The van der Waals surface area contributed by atoms with Crippen LogP contribution in [-0.2, 0) is 0 Å². The number of nitrogens with two attached hydrogens (primary N) is 2. The maximum Gasteiger partial charge on any atom is 0.191 e. The SMILES string of the molecule is Cc1cc(C(=O)CSc2nc(N)cc(N)n2)c(C)n1-c1ccc(F)cc1. The van der Waals surface area contributed by atoms with Crippen LogP contribution in [0.4, 0.5) is 16.0 Å². The molecular formula is C18H18FN5OS. The van der Waals surface area contributed by atoms with Crippen LogP contribution in [0.1, 0.15) is 21.7 Å². The second kappa shape index (κ2) is 7.17. The maximum absolute atomic E-state index is 13.2. The number of nitrogens with zero attached hydrogens (tertiary/aromatic N) is 3. The molecule has 0 saturated carbocycles. The number of hydrogen-bond donors (Lipinski definition) is 2. The van der Waals surface area contributed by atoms with Gasteiger partial charge in [-0.2, -0.15) is 0 Å². The molecule has 0 aliphatic rings. The van der Waals surface area contributed by atoms with E-state index in [9.17, 15) is 9.18 Å². The minimum Gasteiger partial charge on any atom is -0.383 e. The predicted octanol–water partition coefficient (Wildman–Crippen LogP) is 3.16. The van der Waals surface area contributed by atoms with E-state index in [0.29, 0.717) is 10.7 Å². The maximum atomic E-state index is 13.2. The average molecular weight is 371 g/mol. The van der Waals surface area contributed by atoms with Gasteiger partial charge in [0.25, 0.3) is 0 Å². The molecule has 0 saturated heterocycles. The van der Waals surface area contributed by atoms with Gasteiger partial charge in [0.15, 0.2) is 10.9 Å². The predicted molar refractivity (Wildman–Crippen MR) is 101 cm³/mol. The summed E-state index contributed by atoms with van der Waals surface area (Å²) >= 11 is 1.18. The van der Waals surface area contributed by atoms with Crippen LogP contribution in [0.25, 0.3) is 5.69 Å². The zero-order valence-corrected chi connectivity index (χ0v) is 15.2. The molecular weight excluding hydrogens is 353 g/mol. The molecule has 2 aromatic heterocycles. The van der Waals surface area contributed by atoms with Crippen molar-refractivity contribution in [2.75, 3.05) is 17.2 Å². The molecule has 0 radical (unpaired) electrons. The van der Waals surface area contributed by atoms with E-state index in [1.807, 2.05) is 24.5 Å². The van der Waals surface area contributed by atoms with Crippen LogP contribution in [0.5, 0.6) is 0 Å². The zero-order valence-electron chi connectivity index (χ0n) is 14.4. The van der Waals surface area contributed by atoms with Gasteiger partial charge in [-0.05, 0) is 44.2 Å². The van der Waals surface area contributed by atoms with E-state index >= 15 is 0 Å². The van der Waals surface area contributed by atoms with Gasteiger partial charge in [-0.3, -0.25) is 4.79 Å². The summed E-state index contributed by atoms with van der Waals surface area (Å²) in [7, 11) is 0. The lowest BCUT2D eigenvalue weighted by molar-refractivity contribution is 0.102. The van der Waals surface area contributed by atoms with E-state index in [4.69, 9.17) is 11.5 Å². The Labute approximate surface area is 154 Å². The molecule has 0 unspecified atom stereocenters. The standard InChI is InChI=1S/C18H18FN5OS/c1-10-7-14(11(2)24(10)13-5-3-12(19)4-6-13)15(25)9-26-18-22-16(20)8-17(21)23-18/h3-8H,9H2,1-2H3,(H4,20,21,22,23). The summed E-state index contributed by atoms with van der Waals surface area (Å²) in [6.45, 7) is 3.77. The molecule has 0 aliphatic heterocycles. The summed E-state index contributed by atoms with van der Waals surface area (Å²) in [5, 5.41) is 0.364. The third kappa shape index (κ3) is 3.70. The quantitative estimate of drug-likeness (QED) is 0.406. The Hall–Kier alpha value is -2.87. The fourth-order valence-corrected chi connectivity index (χ4v) is 3.52. The molecule has 4 N–H and O–H groups in total. The van der Waals surface area contributed by atoms with Crippen molar-refractivity contribution in [1.82, 2.24) is 14.5 Å². The Morgan fingerprint density at radius 3 is 2.35 bits per heavy atom. The number of anilines is 2. The van der Waals surface area contributed by atoms with Crippen LogP contribution in [0.15, 0.2) is 41.6 Å². The highest BCUT2D eigenvalue weighted by Crippen LogP contribution is 2.24. The molecule has 3 aromatic rings. The van der Waals surface area contributed by atoms with Crippen molar-refractivity contribution < 1.29 is 9.18 Å². The van der Waals surface area contributed by atoms with E-state index in [2.05, 4.69) is 9.97 Å². The number of Topliss-reactive ketones (excluding diaryl/α,β-unsaturated/α-hetero) is 1. The summed E-state index contributed by atoms with van der Waals surface area (Å²) in [6, 6.07) is 9.45. The zero-order chi connectivity index (χ0) is 18.8. The van der Waals surface area contributed by atoms with Gasteiger partial charge in [-0.1, -0.05) is 11.8 Å². The molecule has 0 aliphatic carbocycles. The number of aromatic nitrogens is 3. The van der Waals surface area contributed by atoms with Crippen LogP contribution >= 0.6 is 11.8 Å². The second-order valence-electron chi connectivity index (χ2n) is 5.81. The molecule has 0 fully saturated rings. The number of benzene rings is 1. The van der Waals surface area contributed by atoms with Crippen molar-refractivity contribution in [2.45, 2.75) is 19.0 Å². The van der Waals surface area contributed by atoms with Crippen LogP contribution < -0.4 is 11.5 Å². The van der Waals surface area contributed by atoms with Gasteiger partial charge in [-0.25, -0.2) is 14.4 Å². The van der Waals surface area contributed by atoms with Crippen molar-refractivity contribution in [2.24, 2.45) is 0 Å². The summed E-state index contributed by atoms with van der Waals surface area (Å²) < 4.78 is 15.1. The monoisotopic (exact) mass is 371 g/mol. The minimum absolute atomic E-state index is 0.0546. The van der Waals surface area contributed by atoms with Gasteiger partial charge >= 0.3 is 0 Å². The van der Waals surface area contributed by atoms with Crippen molar-refractivity contribution in [3.05, 3.63) is 59.2 Å². The Kier molecular flexibility index (Phi) is 4.94. The molecule has 1 aromatic carbocycles. The number of carbonyl (C=O) groups excluding carboxylic acids is 1. The summed E-state index contributed by atoms with van der Waals surface area (Å²) in [6.07, 6.45) is 0. The lowest BCUT2D eigenvalue weighted by atomic mass is 10.2. The molecule has 0 atom stereocenters. The first-order valence-electron chi connectivity index (χ1n) is 7.86. The van der Waals surface area contributed by atoms with Crippen LogP contribution in [-0.4, -0.2) is 26.1 Å². The topological polar surface area (TPSA) is 99.8 Å². The minimum atomic E-state index is -0.301. The summed E-state index contributed by atoms with van der Waals surface area (Å²) in [4.78, 5) is 20.8. The molecule has 0 spiro atoms. The van der Waals surface area contributed by atoms with Gasteiger partial charge in [0.1, 0.15) is 17.5 Å². The molecule has 6 nitrogen and oxygen atoms in total. The Bertz CT molecular complexity index is 948. The smallest absolute Gasteiger partial charge is 0.191 e. The van der Waals surface area contributed by atoms with Gasteiger partial charge in [0.05, 0.1) is 5.75 Å². The van der Waals surface area contributed by atoms with Crippen LogP contribution in [0.3, 0.4) is 0 Å². The lowest BCUT2D eigenvalue weighted by Gasteiger charge is -2.09. The number of carbonyl (C=O) groups is 1. The highest BCUT2D eigenvalue weighted by Gasteiger charge is 2.17. The van der Waals surface area contributed by atoms with Crippen molar-refractivity contribution in [1.29, 1.82) is 0 Å². The number of hydrogen-bond acceptors (Lipinski definition) is 6. The van der Waals surface area contributed by atoms with E-state index in [-0.39, 0.29) is 29.0 Å². The highest BCUT2D eigenvalue weighted by atomic mass is 32.2. The van der Waals surface area contributed by atoms with Crippen molar-refractivity contribution in [3.8, 4) is 5.69 Å². The molecule has 26 heavy (non-hydrogen) atoms. The van der Waals surface area contributed by atoms with Gasteiger partial charge < -0.3 is 16.0 Å². The van der Waals surface area contributed by atoms with Gasteiger partial charge in [0.2, 0.25) is 0 Å². The number of aryl methyl sites for hydroxylation is 1. The molecule has 2 heterocycles. The molecule has 3 rings (SSSR count). The third-order valence-corrected chi connectivity index (χ3v) is 4.74. The number of rotatable bonds is 5. The van der Waals surface area contributed by atoms with E-state index in [0.717, 1.165) is 17.1 Å². The first kappa shape index (κ1) is 17.9. The normalized spacial score (nSPS) is 10.9. The number of nitrogen functional groups attached to an aromatic ring is 2. The number of thioether (sulfide) groups is 1. The Morgan fingerprint density at radius 1 is 1.12 bits per heavy atom. The average Bonchev–Trinajstić information content (AvgIpc) is 2.87. The summed E-state index contributed by atoms with van der Waals surface area (Å²) in [5.74, 6) is 0.339. The highest BCUT2D eigenvalue weighted by molar-refractivity contribution is 7.99. The molecule has 0 bridgehead atoms. The van der Waals surface area contributed by atoms with E-state index < -0.39 is 0 Å². The lowest BCUT2D eigenvalue weighted by Crippen LogP contribution is -2.07. The summed E-state index contributed by atoms with van der Waals surface area (Å²) in [5.41, 5.74) is 14.4. The van der Waals surface area contributed by atoms with Crippen LogP contribution in [0.2, 0.25) is 0 Å². The third-order valence-electron chi connectivity index (χ3n) is 3.89. The Balaban J connectivity index is 1.82. The second-order valence-corrected chi connectivity index (χ2v) is 6.75. The van der Waals surface area contributed by atoms with Crippen molar-refractivity contribution >= 4 is 29.2 Å². The number of halogens is 1. The van der Waals surface area contributed by atoms with Crippen LogP contribution in [0, 0.1) is 19.7 Å². The van der Waals surface area contributed by atoms with E-state index in [1.54, 1.807) is 12.1 Å². The fraction of sp³-hybridized carbons (Fsp3) is 0.167. The number of ketones is 1.